The molecule has 5 nitrogen and oxygen atoms in total. The third-order valence-corrected chi connectivity index (χ3v) is 4.29. The maximum Gasteiger partial charge on any atom is 0.322 e. The first-order valence-electron chi connectivity index (χ1n) is 7.67. The molecule has 5 heteroatoms. The number of piperidine rings is 1. The molecule has 0 bridgehead atoms. The van der Waals surface area contributed by atoms with Gasteiger partial charge in [-0.2, -0.15) is 0 Å². The number of nitrogens with two attached hydrogens (primary N) is 1. The molecule has 2 rings (SSSR count). The number of carbonyl (C=O) groups is 1. The molecule has 0 spiro atoms. The predicted octanol–water partition coefficient (Wildman–Crippen LogP) is 3.21. The molecule has 2 amide bonds. The van der Waals surface area contributed by atoms with Crippen molar-refractivity contribution in [2.24, 2.45) is 5.73 Å². The molecule has 1 aliphatic heterocycles. The quantitative estimate of drug-likeness (QED) is 0.881. The molecular weight excluding hydrogens is 278 g/mol. The minimum Gasteiger partial charge on any atom is -0.495 e. The van der Waals surface area contributed by atoms with Crippen molar-refractivity contribution in [1.82, 2.24) is 4.90 Å². The Morgan fingerprint density at radius 2 is 1.77 bits per heavy atom. The van der Waals surface area contributed by atoms with Crippen LogP contribution in [-0.2, 0) is 0 Å². The summed E-state index contributed by atoms with van der Waals surface area (Å²) in [7, 11) is 1.60. The Kier molecular flexibility index (Phi) is 4.38. The summed E-state index contributed by atoms with van der Waals surface area (Å²) in [6, 6.07) is 7.42. The second-order valence-corrected chi connectivity index (χ2v) is 7.26. The average molecular weight is 305 g/mol. The summed E-state index contributed by atoms with van der Waals surface area (Å²) < 4.78 is 5.30. The smallest absolute Gasteiger partial charge is 0.322 e. The molecule has 0 radical (unpaired) electrons. The van der Waals surface area contributed by atoms with E-state index in [-0.39, 0.29) is 23.2 Å². The number of carbonyl (C=O) groups excluding carboxylic acids is 1. The van der Waals surface area contributed by atoms with Gasteiger partial charge in [0.2, 0.25) is 0 Å². The number of para-hydroxylation sites is 2. The number of nitrogens with one attached hydrogen (secondary N) is 1. The monoisotopic (exact) mass is 305 g/mol. The highest BCUT2D eigenvalue weighted by atomic mass is 16.5. The number of nitrogens with zero attached hydrogens (tertiary/aromatic N) is 1. The minimum absolute atomic E-state index is 0.111. The fraction of sp³-hybridized carbons (Fsp3) is 0.588. The first-order chi connectivity index (χ1) is 10.2. The number of rotatable bonds is 2. The van der Waals surface area contributed by atoms with Gasteiger partial charge >= 0.3 is 6.03 Å². The van der Waals surface area contributed by atoms with E-state index in [1.165, 1.54) is 0 Å². The standard InChI is InChI=1S/C17H27N3O2/c1-16(2)10-12(18)11-17(3,4)20(16)15(21)19-13-8-6-7-9-14(13)22-5/h6-9,12H,10-11,18H2,1-5H3,(H,19,21). The van der Waals surface area contributed by atoms with Gasteiger partial charge in [-0.3, -0.25) is 0 Å². The van der Waals surface area contributed by atoms with Gasteiger partial charge in [0.05, 0.1) is 12.8 Å². The number of hydrogen-bond donors (Lipinski definition) is 2. The lowest BCUT2D eigenvalue weighted by atomic mass is 9.77. The largest absolute Gasteiger partial charge is 0.495 e. The van der Waals surface area contributed by atoms with Gasteiger partial charge in [-0.25, -0.2) is 4.79 Å². The molecule has 1 fully saturated rings. The molecule has 122 valence electrons. The van der Waals surface area contributed by atoms with Gasteiger partial charge in [0.15, 0.2) is 0 Å². The fourth-order valence-electron chi connectivity index (χ4n) is 3.83. The number of urea groups is 1. The normalized spacial score (nSPS) is 20.5. The van der Waals surface area contributed by atoms with E-state index in [0.29, 0.717) is 11.4 Å². The highest BCUT2D eigenvalue weighted by Gasteiger charge is 2.47. The van der Waals surface area contributed by atoms with E-state index in [9.17, 15) is 4.79 Å². The minimum atomic E-state index is -0.298. The Morgan fingerprint density at radius 1 is 1.23 bits per heavy atom. The van der Waals surface area contributed by atoms with Crippen molar-refractivity contribution >= 4 is 11.7 Å². The van der Waals surface area contributed by atoms with E-state index in [4.69, 9.17) is 10.5 Å². The van der Waals surface area contributed by atoms with Gasteiger partial charge in [0, 0.05) is 17.1 Å². The van der Waals surface area contributed by atoms with Crippen LogP contribution in [0.3, 0.4) is 0 Å². The molecule has 3 N–H and O–H groups in total. The Balaban J connectivity index is 2.27. The highest BCUT2D eigenvalue weighted by Crippen LogP contribution is 2.38. The van der Waals surface area contributed by atoms with Gasteiger partial charge in [-0.15, -0.1) is 0 Å². The van der Waals surface area contributed by atoms with Crippen LogP contribution in [0.5, 0.6) is 5.75 Å². The van der Waals surface area contributed by atoms with Crippen LogP contribution in [0.15, 0.2) is 24.3 Å². The van der Waals surface area contributed by atoms with Crippen molar-refractivity contribution in [2.75, 3.05) is 12.4 Å². The van der Waals surface area contributed by atoms with E-state index in [0.717, 1.165) is 12.8 Å². The molecular formula is C17H27N3O2. The fourth-order valence-corrected chi connectivity index (χ4v) is 3.83. The van der Waals surface area contributed by atoms with Crippen LogP contribution in [-0.4, -0.2) is 35.2 Å². The maximum atomic E-state index is 12.9. The lowest BCUT2D eigenvalue weighted by Crippen LogP contribution is -2.66. The van der Waals surface area contributed by atoms with Crippen LogP contribution >= 0.6 is 0 Å². The predicted molar refractivity (Wildman–Crippen MR) is 89.2 cm³/mol. The topological polar surface area (TPSA) is 67.6 Å². The molecule has 1 aliphatic rings. The molecule has 0 saturated carbocycles. The van der Waals surface area contributed by atoms with Crippen LogP contribution in [0.25, 0.3) is 0 Å². The summed E-state index contributed by atoms with van der Waals surface area (Å²) in [5.74, 6) is 0.653. The number of hydrogen-bond acceptors (Lipinski definition) is 3. The molecule has 0 aliphatic carbocycles. The maximum absolute atomic E-state index is 12.9. The molecule has 0 aromatic heterocycles. The molecule has 1 saturated heterocycles. The number of anilines is 1. The zero-order valence-corrected chi connectivity index (χ0v) is 14.1. The van der Waals surface area contributed by atoms with Gasteiger partial charge in [-0.05, 0) is 52.7 Å². The van der Waals surface area contributed by atoms with Gasteiger partial charge in [-0.1, -0.05) is 12.1 Å². The first kappa shape index (κ1) is 16.6. The Labute approximate surface area is 132 Å². The van der Waals surface area contributed by atoms with Gasteiger partial charge in [0.25, 0.3) is 0 Å². The zero-order valence-electron chi connectivity index (χ0n) is 14.1. The van der Waals surface area contributed by atoms with Crippen LogP contribution < -0.4 is 15.8 Å². The van der Waals surface area contributed by atoms with E-state index in [1.54, 1.807) is 7.11 Å². The Morgan fingerprint density at radius 3 is 2.32 bits per heavy atom. The molecule has 1 aromatic carbocycles. The number of benzene rings is 1. The molecule has 22 heavy (non-hydrogen) atoms. The molecule has 0 unspecified atom stereocenters. The van der Waals surface area contributed by atoms with Gasteiger partial charge < -0.3 is 20.7 Å². The lowest BCUT2D eigenvalue weighted by molar-refractivity contribution is 0.00874. The van der Waals surface area contributed by atoms with Crippen LogP contribution in [0.2, 0.25) is 0 Å². The molecule has 0 atom stereocenters. The van der Waals surface area contributed by atoms with Crippen LogP contribution in [0.1, 0.15) is 40.5 Å². The lowest BCUT2D eigenvalue weighted by Gasteiger charge is -2.54. The summed E-state index contributed by atoms with van der Waals surface area (Å²) in [4.78, 5) is 14.8. The second-order valence-electron chi connectivity index (χ2n) is 7.26. The van der Waals surface area contributed by atoms with Crippen LogP contribution in [0, 0.1) is 0 Å². The Hall–Kier alpha value is -1.75. The number of ether oxygens (including phenoxy) is 1. The highest BCUT2D eigenvalue weighted by molar-refractivity contribution is 5.92. The third kappa shape index (κ3) is 3.19. The SMILES string of the molecule is COc1ccccc1NC(=O)N1C(C)(C)CC(N)CC1(C)C. The van der Waals surface area contributed by atoms with Crippen molar-refractivity contribution in [2.45, 2.75) is 57.7 Å². The summed E-state index contributed by atoms with van der Waals surface area (Å²) in [5, 5.41) is 2.98. The number of amides is 2. The van der Waals surface area contributed by atoms with E-state index in [2.05, 4.69) is 33.0 Å². The van der Waals surface area contributed by atoms with Crippen molar-refractivity contribution in [3.05, 3.63) is 24.3 Å². The van der Waals surface area contributed by atoms with Crippen molar-refractivity contribution in [1.29, 1.82) is 0 Å². The van der Waals surface area contributed by atoms with E-state index in [1.807, 2.05) is 29.2 Å². The second kappa shape index (κ2) is 5.80. The number of likely N-dealkylation sites (tertiary alicyclic amines) is 1. The first-order valence-corrected chi connectivity index (χ1v) is 7.67. The van der Waals surface area contributed by atoms with Crippen molar-refractivity contribution in [3.8, 4) is 5.75 Å². The van der Waals surface area contributed by atoms with E-state index >= 15 is 0 Å². The number of methoxy groups -OCH3 is 1. The molecule has 1 aromatic rings. The summed E-state index contributed by atoms with van der Waals surface area (Å²) in [6.45, 7) is 8.26. The van der Waals surface area contributed by atoms with Crippen molar-refractivity contribution < 1.29 is 9.53 Å². The average Bonchev–Trinajstić information content (AvgIpc) is 2.35. The summed E-state index contributed by atoms with van der Waals surface area (Å²) >= 11 is 0. The van der Waals surface area contributed by atoms with Crippen molar-refractivity contribution in [3.63, 3.8) is 0 Å². The summed E-state index contributed by atoms with van der Waals surface area (Å²) in [6.07, 6.45) is 1.57. The van der Waals surface area contributed by atoms with Crippen LogP contribution in [0.4, 0.5) is 10.5 Å². The Bertz CT molecular complexity index is 537. The third-order valence-electron chi connectivity index (χ3n) is 4.29. The molecule has 1 heterocycles. The summed E-state index contributed by atoms with van der Waals surface area (Å²) in [5.41, 5.74) is 6.25. The zero-order chi connectivity index (χ0) is 16.5. The van der Waals surface area contributed by atoms with Gasteiger partial charge in [0.1, 0.15) is 5.75 Å². The van der Waals surface area contributed by atoms with E-state index < -0.39 is 0 Å².